The molecule has 15 heavy (non-hydrogen) atoms. The van der Waals surface area contributed by atoms with Crippen molar-refractivity contribution < 1.29 is 8.42 Å². The number of fused-ring (bicyclic) bond motifs is 1. The molecule has 1 aliphatic heterocycles. The van der Waals surface area contributed by atoms with Crippen molar-refractivity contribution in [1.82, 2.24) is 0 Å². The van der Waals surface area contributed by atoms with Gasteiger partial charge >= 0.3 is 0 Å². The molecule has 0 saturated heterocycles. The van der Waals surface area contributed by atoms with Gasteiger partial charge in [0.25, 0.3) is 0 Å². The Morgan fingerprint density at radius 2 is 2.20 bits per heavy atom. The van der Waals surface area contributed by atoms with Gasteiger partial charge in [-0.15, -0.1) is 0 Å². The fraction of sp³-hybridized carbons (Fsp3) is 0.455. The normalized spacial score (nSPS) is 22.9. The van der Waals surface area contributed by atoms with E-state index in [9.17, 15) is 8.42 Å². The van der Waals surface area contributed by atoms with Crippen LogP contribution in [0.15, 0.2) is 23.1 Å². The lowest BCUT2D eigenvalue weighted by Crippen LogP contribution is -2.33. The standard InChI is InChI=1S/C11H15NO2S/c1-3-9-7-12-10-6-8(2)4-5-11(10)15(9,13)14/h4-6,9,12H,3,7H2,1-2H3. The number of hydrogen-bond acceptors (Lipinski definition) is 3. The Bertz CT molecular complexity index is 479. The summed E-state index contributed by atoms with van der Waals surface area (Å²) in [4.78, 5) is 0.450. The fourth-order valence-electron chi connectivity index (χ4n) is 1.91. The second-order valence-corrected chi connectivity index (χ2v) is 6.15. The van der Waals surface area contributed by atoms with Gasteiger partial charge < -0.3 is 5.32 Å². The lowest BCUT2D eigenvalue weighted by Gasteiger charge is -2.25. The lowest BCUT2D eigenvalue weighted by molar-refractivity contribution is 0.574. The van der Waals surface area contributed by atoms with Crippen LogP contribution in [0.2, 0.25) is 0 Å². The lowest BCUT2D eigenvalue weighted by atomic mass is 10.2. The summed E-state index contributed by atoms with van der Waals surface area (Å²) in [5, 5.41) is 2.90. The molecule has 1 N–H and O–H groups in total. The van der Waals surface area contributed by atoms with Crippen LogP contribution in [0.5, 0.6) is 0 Å². The molecule has 82 valence electrons. The van der Waals surface area contributed by atoms with Crippen LogP contribution in [-0.4, -0.2) is 20.2 Å². The van der Waals surface area contributed by atoms with Crippen LogP contribution in [0.1, 0.15) is 18.9 Å². The van der Waals surface area contributed by atoms with Gasteiger partial charge in [-0.05, 0) is 31.0 Å². The molecule has 1 aromatic rings. The first-order valence-electron chi connectivity index (χ1n) is 5.14. The Balaban J connectivity index is 2.58. The molecule has 1 heterocycles. The zero-order valence-electron chi connectivity index (χ0n) is 8.95. The van der Waals surface area contributed by atoms with Crippen LogP contribution < -0.4 is 5.32 Å². The second kappa shape index (κ2) is 3.52. The molecule has 1 aromatic carbocycles. The summed E-state index contributed by atoms with van der Waals surface area (Å²) in [6.45, 7) is 4.39. The van der Waals surface area contributed by atoms with Gasteiger partial charge in [-0.2, -0.15) is 0 Å². The number of benzene rings is 1. The Hall–Kier alpha value is -1.03. The summed E-state index contributed by atoms with van der Waals surface area (Å²) in [5.41, 5.74) is 1.83. The molecule has 0 aromatic heterocycles. The van der Waals surface area contributed by atoms with Crippen LogP contribution in [0, 0.1) is 6.92 Å². The Kier molecular flexibility index (Phi) is 2.46. The zero-order chi connectivity index (χ0) is 11.1. The monoisotopic (exact) mass is 225 g/mol. The summed E-state index contributed by atoms with van der Waals surface area (Å²) in [5.74, 6) is 0. The van der Waals surface area contributed by atoms with Crippen LogP contribution in [0.3, 0.4) is 0 Å². The van der Waals surface area contributed by atoms with Crippen molar-refractivity contribution in [3.8, 4) is 0 Å². The maximum atomic E-state index is 12.1. The van der Waals surface area contributed by atoms with E-state index in [2.05, 4.69) is 5.32 Å². The first kappa shape index (κ1) is 10.5. The van der Waals surface area contributed by atoms with Crippen molar-refractivity contribution in [2.75, 3.05) is 11.9 Å². The highest BCUT2D eigenvalue weighted by molar-refractivity contribution is 7.92. The highest BCUT2D eigenvalue weighted by Gasteiger charge is 2.32. The first-order valence-corrected chi connectivity index (χ1v) is 6.68. The molecule has 0 amide bonds. The molecular formula is C11H15NO2S. The van der Waals surface area contributed by atoms with Gasteiger partial charge in [0, 0.05) is 6.54 Å². The summed E-state index contributed by atoms with van der Waals surface area (Å²) in [6.07, 6.45) is 0.655. The molecule has 1 atom stereocenters. The van der Waals surface area contributed by atoms with Gasteiger partial charge in [0.15, 0.2) is 9.84 Å². The molecule has 4 heteroatoms. The Morgan fingerprint density at radius 3 is 2.87 bits per heavy atom. The minimum atomic E-state index is -3.11. The summed E-state index contributed by atoms with van der Waals surface area (Å²) < 4.78 is 24.2. The third-order valence-electron chi connectivity index (χ3n) is 2.86. The number of aryl methyl sites for hydroxylation is 1. The van der Waals surface area contributed by atoms with E-state index in [-0.39, 0.29) is 5.25 Å². The average Bonchev–Trinajstić information content (AvgIpc) is 2.17. The van der Waals surface area contributed by atoms with Crippen LogP contribution in [0.25, 0.3) is 0 Å². The van der Waals surface area contributed by atoms with Gasteiger partial charge in [0.05, 0.1) is 15.8 Å². The average molecular weight is 225 g/mol. The topological polar surface area (TPSA) is 46.2 Å². The minimum absolute atomic E-state index is 0.285. The van der Waals surface area contributed by atoms with E-state index in [0.717, 1.165) is 11.3 Å². The number of anilines is 1. The molecule has 2 rings (SSSR count). The predicted octanol–water partition coefficient (Wildman–Crippen LogP) is 1.97. The van der Waals surface area contributed by atoms with Crippen molar-refractivity contribution >= 4 is 15.5 Å². The Labute approximate surface area is 90.4 Å². The van der Waals surface area contributed by atoms with E-state index >= 15 is 0 Å². The highest BCUT2D eigenvalue weighted by atomic mass is 32.2. The van der Waals surface area contributed by atoms with Crippen molar-refractivity contribution in [3.63, 3.8) is 0 Å². The molecule has 0 aliphatic carbocycles. The van der Waals surface area contributed by atoms with Crippen molar-refractivity contribution in [2.45, 2.75) is 30.4 Å². The maximum Gasteiger partial charge on any atom is 0.184 e. The number of rotatable bonds is 1. The van der Waals surface area contributed by atoms with Crippen molar-refractivity contribution in [2.24, 2.45) is 0 Å². The fourth-order valence-corrected chi connectivity index (χ4v) is 3.70. The van der Waals surface area contributed by atoms with E-state index in [0.29, 0.717) is 17.9 Å². The van der Waals surface area contributed by atoms with Gasteiger partial charge in [-0.3, -0.25) is 0 Å². The highest BCUT2D eigenvalue weighted by Crippen LogP contribution is 2.31. The molecular weight excluding hydrogens is 210 g/mol. The summed E-state index contributed by atoms with van der Waals surface area (Å²) in [6, 6.07) is 5.43. The molecule has 0 radical (unpaired) electrons. The zero-order valence-corrected chi connectivity index (χ0v) is 9.76. The Morgan fingerprint density at radius 1 is 1.47 bits per heavy atom. The van der Waals surface area contributed by atoms with Crippen LogP contribution in [0.4, 0.5) is 5.69 Å². The van der Waals surface area contributed by atoms with Crippen LogP contribution in [-0.2, 0) is 9.84 Å². The summed E-state index contributed by atoms with van der Waals surface area (Å²) >= 11 is 0. The molecule has 0 fully saturated rings. The van der Waals surface area contributed by atoms with Gasteiger partial charge in [-0.1, -0.05) is 13.0 Å². The van der Waals surface area contributed by atoms with E-state index in [1.165, 1.54) is 0 Å². The minimum Gasteiger partial charge on any atom is -0.383 e. The molecule has 3 nitrogen and oxygen atoms in total. The van der Waals surface area contributed by atoms with E-state index < -0.39 is 9.84 Å². The van der Waals surface area contributed by atoms with E-state index in [1.807, 2.05) is 26.0 Å². The largest absolute Gasteiger partial charge is 0.383 e. The number of nitrogens with one attached hydrogen (secondary N) is 1. The smallest absolute Gasteiger partial charge is 0.184 e. The van der Waals surface area contributed by atoms with Crippen molar-refractivity contribution in [3.05, 3.63) is 23.8 Å². The van der Waals surface area contributed by atoms with Gasteiger partial charge in [0.2, 0.25) is 0 Å². The third-order valence-corrected chi connectivity index (χ3v) is 5.20. The first-order chi connectivity index (χ1) is 7.05. The maximum absolute atomic E-state index is 12.1. The van der Waals surface area contributed by atoms with Gasteiger partial charge in [-0.25, -0.2) is 8.42 Å². The third kappa shape index (κ3) is 1.63. The second-order valence-electron chi connectivity index (χ2n) is 3.96. The van der Waals surface area contributed by atoms with E-state index in [4.69, 9.17) is 0 Å². The summed E-state index contributed by atoms with van der Waals surface area (Å²) in [7, 11) is -3.11. The molecule has 0 saturated carbocycles. The van der Waals surface area contributed by atoms with Crippen molar-refractivity contribution in [1.29, 1.82) is 0 Å². The predicted molar refractivity (Wildman–Crippen MR) is 60.9 cm³/mol. The molecule has 0 bridgehead atoms. The SMILES string of the molecule is CCC1CNc2cc(C)ccc2S1(=O)=O. The number of sulfone groups is 1. The van der Waals surface area contributed by atoms with Gasteiger partial charge in [0.1, 0.15) is 0 Å². The molecule has 1 aliphatic rings. The quantitative estimate of drug-likeness (QED) is 0.795. The molecule has 1 unspecified atom stereocenters. The number of hydrogen-bond donors (Lipinski definition) is 1. The van der Waals surface area contributed by atoms with E-state index in [1.54, 1.807) is 6.07 Å². The van der Waals surface area contributed by atoms with Crippen LogP contribution >= 0.6 is 0 Å². The molecule has 0 spiro atoms.